The summed E-state index contributed by atoms with van der Waals surface area (Å²) in [6.45, 7) is 4.89. The highest BCUT2D eigenvalue weighted by Gasteiger charge is 2.08. The van der Waals surface area contributed by atoms with Gasteiger partial charge in [-0.05, 0) is 12.8 Å². The summed E-state index contributed by atoms with van der Waals surface area (Å²) in [7, 11) is 0. The van der Waals surface area contributed by atoms with Gasteiger partial charge in [0.2, 0.25) is 5.91 Å². The molecule has 0 saturated heterocycles. The molecule has 21 heavy (non-hydrogen) atoms. The molecule has 4 heteroatoms. The molecule has 0 fully saturated rings. The summed E-state index contributed by atoms with van der Waals surface area (Å²) in [6, 6.07) is 0. The number of nitrogens with one attached hydrogen (secondary N) is 2. The van der Waals surface area contributed by atoms with E-state index in [9.17, 15) is 4.79 Å². The van der Waals surface area contributed by atoms with Crippen molar-refractivity contribution < 1.29 is 9.90 Å². The van der Waals surface area contributed by atoms with Gasteiger partial charge in [0.25, 0.3) is 0 Å². The molecule has 0 aromatic rings. The monoisotopic (exact) mass is 300 g/mol. The number of unbranched alkanes of at least 4 members (excludes halogenated alkanes) is 8. The van der Waals surface area contributed by atoms with Crippen LogP contribution in [0.2, 0.25) is 0 Å². The number of amides is 1. The lowest BCUT2D eigenvalue weighted by Crippen LogP contribution is -2.45. The number of hydrogen-bond acceptors (Lipinski definition) is 3. The smallest absolute Gasteiger partial charge is 0.221 e. The number of carbonyl (C=O) groups excluding carboxylic acids is 1. The predicted octanol–water partition coefficient (Wildman–Crippen LogP) is 3.34. The fraction of sp³-hybridized carbons (Fsp3) is 0.941. The largest absolute Gasteiger partial charge is 0.395 e. The lowest BCUT2D eigenvalue weighted by Gasteiger charge is -2.18. The Hall–Kier alpha value is -0.610. The molecule has 0 aliphatic heterocycles. The maximum Gasteiger partial charge on any atom is 0.221 e. The summed E-state index contributed by atoms with van der Waals surface area (Å²) in [4.78, 5) is 11.8. The van der Waals surface area contributed by atoms with Gasteiger partial charge in [0.05, 0.1) is 12.8 Å². The van der Waals surface area contributed by atoms with Gasteiger partial charge >= 0.3 is 0 Å². The number of rotatable bonds is 15. The van der Waals surface area contributed by atoms with E-state index in [0.717, 1.165) is 19.3 Å². The Morgan fingerprint density at radius 2 is 1.52 bits per heavy atom. The third-order valence-electron chi connectivity index (χ3n) is 3.75. The van der Waals surface area contributed by atoms with Crippen molar-refractivity contribution in [2.75, 3.05) is 13.2 Å². The molecule has 0 rings (SSSR count). The first-order valence-corrected chi connectivity index (χ1v) is 8.88. The van der Waals surface area contributed by atoms with Gasteiger partial charge < -0.3 is 10.4 Å². The lowest BCUT2D eigenvalue weighted by atomic mass is 10.1. The average molecular weight is 300 g/mol. The minimum atomic E-state index is -0.0109. The molecule has 1 atom stereocenters. The summed E-state index contributed by atoms with van der Waals surface area (Å²) in [5.74, 6) is 0.121. The molecule has 1 unspecified atom stereocenters. The molecular weight excluding hydrogens is 264 g/mol. The maximum atomic E-state index is 11.8. The van der Waals surface area contributed by atoms with E-state index in [4.69, 9.17) is 5.11 Å². The topological polar surface area (TPSA) is 61.4 Å². The second-order valence-corrected chi connectivity index (χ2v) is 5.78. The third-order valence-corrected chi connectivity index (χ3v) is 3.75. The van der Waals surface area contributed by atoms with E-state index in [1.165, 1.54) is 44.9 Å². The second-order valence-electron chi connectivity index (χ2n) is 5.78. The zero-order chi connectivity index (χ0) is 15.8. The minimum Gasteiger partial charge on any atom is -0.395 e. The Morgan fingerprint density at radius 3 is 2.05 bits per heavy atom. The molecule has 0 aliphatic rings. The zero-order valence-corrected chi connectivity index (χ0v) is 14.1. The highest BCUT2D eigenvalue weighted by Crippen LogP contribution is 2.10. The molecule has 0 aromatic carbocycles. The molecule has 0 radical (unpaired) electrons. The SMILES string of the molecule is CCCCCCCCCCCC(=O)NC(CC)NCCO. The summed E-state index contributed by atoms with van der Waals surface area (Å²) in [6.07, 6.45) is 12.9. The molecule has 126 valence electrons. The minimum absolute atomic E-state index is 0.0109. The van der Waals surface area contributed by atoms with Crippen molar-refractivity contribution in [2.24, 2.45) is 0 Å². The average Bonchev–Trinajstić information content (AvgIpc) is 2.49. The number of aliphatic hydroxyl groups excluding tert-OH is 1. The second kappa shape index (κ2) is 15.8. The van der Waals surface area contributed by atoms with Crippen LogP contribution in [0.1, 0.15) is 84.5 Å². The van der Waals surface area contributed by atoms with Gasteiger partial charge in [-0.15, -0.1) is 0 Å². The molecule has 0 spiro atoms. The van der Waals surface area contributed by atoms with Crippen LogP contribution in [0.4, 0.5) is 0 Å². The predicted molar refractivity (Wildman–Crippen MR) is 89.2 cm³/mol. The van der Waals surface area contributed by atoms with Crippen LogP contribution in [-0.2, 0) is 4.79 Å². The Balaban J connectivity index is 3.40. The van der Waals surface area contributed by atoms with E-state index in [0.29, 0.717) is 13.0 Å². The van der Waals surface area contributed by atoms with Crippen LogP contribution in [0.15, 0.2) is 0 Å². The van der Waals surface area contributed by atoms with E-state index in [1.54, 1.807) is 0 Å². The van der Waals surface area contributed by atoms with Crippen LogP contribution in [0.25, 0.3) is 0 Å². The zero-order valence-electron chi connectivity index (χ0n) is 14.1. The summed E-state index contributed by atoms with van der Waals surface area (Å²) >= 11 is 0. The molecule has 1 amide bonds. The Bertz CT molecular complexity index is 235. The third kappa shape index (κ3) is 14.1. The fourth-order valence-corrected chi connectivity index (χ4v) is 2.40. The fourth-order valence-electron chi connectivity index (χ4n) is 2.40. The van der Waals surface area contributed by atoms with Crippen LogP contribution in [0.3, 0.4) is 0 Å². The van der Waals surface area contributed by atoms with Gasteiger partial charge in [0.15, 0.2) is 0 Å². The maximum absolute atomic E-state index is 11.8. The van der Waals surface area contributed by atoms with E-state index in [2.05, 4.69) is 17.6 Å². The summed E-state index contributed by atoms with van der Waals surface area (Å²) in [5, 5.41) is 14.8. The van der Waals surface area contributed by atoms with Gasteiger partial charge in [-0.3, -0.25) is 10.1 Å². The van der Waals surface area contributed by atoms with E-state index < -0.39 is 0 Å². The van der Waals surface area contributed by atoms with Crippen molar-refractivity contribution >= 4 is 5.91 Å². The van der Waals surface area contributed by atoms with E-state index in [-0.39, 0.29) is 18.7 Å². The highest BCUT2D eigenvalue weighted by atomic mass is 16.3. The van der Waals surface area contributed by atoms with Crippen molar-refractivity contribution in [1.82, 2.24) is 10.6 Å². The molecule has 3 N–H and O–H groups in total. The summed E-state index contributed by atoms with van der Waals surface area (Å²) < 4.78 is 0. The van der Waals surface area contributed by atoms with Crippen molar-refractivity contribution in [2.45, 2.75) is 90.6 Å². The van der Waals surface area contributed by atoms with E-state index >= 15 is 0 Å². The standard InChI is InChI=1S/C17H36N2O2/c1-3-5-6-7-8-9-10-11-12-13-17(21)19-16(4-2)18-14-15-20/h16,18,20H,3-15H2,1-2H3,(H,19,21). The first-order chi connectivity index (χ1) is 10.2. The number of hydrogen-bond donors (Lipinski definition) is 3. The first kappa shape index (κ1) is 20.4. The van der Waals surface area contributed by atoms with Gasteiger partial charge in [-0.1, -0.05) is 65.2 Å². The molecular formula is C17H36N2O2. The molecule has 4 nitrogen and oxygen atoms in total. The Kier molecular flexibility index (Phi) is 15.3. The molecule has 0 heterocycles. The Labute approximate surface area is 131 Å². The van der Waals surface area contributed by atoms with Crippen LogP contribution in [0, 0.1) is 0 Å². The molecule has 0 bridgehead atoms. The van der Waals surface area contributed by atoms with Crippen molar-refractivity contribution in [3.63, 3.8) is 0 Å². The van der Waals surface area contributed by atoms with Crippen molar-refractivity contribution in [3.05, 3.63) is 0 Å². The van der Waals surface area contributed by atoms with Gasteiger partial charge in [0.1, 0.15) is 0 Å². The van der Waals surface area contributed by atoms with Gasteiger partial charge in [-0.2, -0.15) is 0 Å². The lowest BCUT2D eigenvalue weighted by molar-refractivity contribution is -0.122. The Morgan fingerprint density at radius 1 is 0.952 bits per heavy atom. The first-order valence-electron chi connectivity index (χ1n) is 8.88. The van der Waals surface area contributed by atoms with Crippen LogP contribution >= 0.6 is 0 Å². The molecule has 0 aromatic heterocycles. The quantitative estimate of drug-likeness (QED) is 0.321. The van der Waals surface area contributed by atoms with E-state index in [1.807, 2.05) is 6.92 Å². The van der Waals surface area contributed by atoms with Crippen LogP contribution in [0.5, 0.6) is 0 Å². The van der Waals surface area contributed by atoms with Crippen molar-refractivity contribution in [1.29, 1.82) is 0 Å². The normalized spacial score (nSPS) is 12.3. The highest BCUT2D eigenvalue weighted by molar-refractivity contribution is 5.76. The van der Waals surface area contributed by atoms with Gasteiger partial charge in [0, 0.05) is 13.0 Å². The van der Waals surface area contributed by atoms with Crippen LogP contribution < -0.4 is 10.6 Å². The number of carbonyl (C=O) groups is 1. The van der Waals surface area contributed by atoms with Crippen LogP contribution in [-0.4, -0.2) is 30.3 Å². The van der Waals surface area contributed by atoms with Gasteiger partial charge in [-0.25, -0.2) is 0 Å². The van der Waals surface area contributed by atoms with Crippen molar-refractivity contribution in [3.8, 4) is 0 Å². The number of aliphatic hydroxyl groups is 1. The molecule has 0 aliphatic carbocycles. The summed E-state index contributed by atoms with van der Waals surface area (Å²) in [5.41, 5.74) is 0. The molecule has 0 saturated carbocycles.